The molecule has 158 valence electrons. The van der Waals surface area contributed by atoms with Crippen molar-refractivity contribution in [2.75, 3.05) is 0 Å². The maximum atomic E-state index is 12.4. The summed E-state index contributed by atoms with van der Waals surface area (Å²) in [4.78, 5) is 12.4. The number of fused-ring (bicyclic) bond motifs is 1. The van der Waals surface area contributed by atoms with Crippen LogP contribution in [-0.4, -0.2) is 21.7 Å². The molecule has 0 radical (unpaired) electrons. The van der Waals surface area contributed by atoms with Gasteiger partial charge in [0, 0.05) is 35.6 Å². The third kappa shape index (κ3) is 4.29. The maximum absolute atomic E-state index is 12.4. The zero-order valence-electron chi connectivity index (χ0n) is 18.1. The van der Waals surface area contributed by atoms with Crippen LogP contribution in [0.3, 0.4) is 0 Å². The van der Waals surface area contributed by atoms with Gasteiger partial charge in [-0.2, -0.15) is 0 Å². The molecule has 0 spiro atoms. The van der Waals surface area contributed by atoms with Gasteiger partial charge < -0.3 is 15.0 Å². The topological polar surface area (TPSA) is 54.3 Å². The van der Waals surface area contributed by atoms with E-state index in [1.807, 2.05) is 22.8 Å². The third-order valence-corrected chi connectivity index (χ3v) is 6.53. The fraction of sp³-hybridized carbons (Fsp3) is 0.423. The number of para-hydroxylation sites is 1. The lowest BCUT2D eigenvalue weighted by atomic mass is 10.1. The minimum Gasteiger partial charge on any atom is -0.477 e. The van der Waals surface area contributed by atoms with Crippen LogP contribution in [0.1, 0.15) is 71.3 Å². The highest BCUT2D eigenvalue weighted by Crippen LogP contribution is 2.29. The summed E-state index contributed by atoms with van der Waals surface area (Å²) in [5, 5.41) is 14.9. The highest BCUT2D eigenvalue weighted by Gasteiger charge is 2.23. The van der Waals surface area contributed by atoms with Crippen molar-refractivity contribution < 1.29 is 9.90 Å². The molecule has 0 saturated heterocycles. The molecule has 1 fully saturated rings. The van der Waals surface area contributed by atoms with E-state index in [1.165, 1.54) is 55.2 Å². The van der Waals surface area contributed by atoms with Crippen molar-refractivity contribution in [3.05, 3.63) is 70.4 Å². The summed E-state index contributed by atoms with van der Waals surface area (Å²) in [6, 6.07) is 15.0. The summed E-state index contributed by atoms with van der Waals surface area (Å²) < 4.78 is 1.99. The Morgan fingerprint density at radius 1 is 1.07 bits per heavy atom. The van der Waals surface area contributed by atoms with Crippen LogP contribution in [0.2, 0.25) is 0 Å². The van der Waals surface area contributed by atoms with E-state index < -0.39 is 5.97 Å². The Balaban J connectivity index is 1.73. The molecule has 0 atom stereocenters. The number of nitrogens with zero attached hydrogens (tertiary/aromatic N) is 1. The van der Waals surface area contributed by atoms with Crippen molar-refractivity contribution in [1.82, 2.24) is 9.88 Å². The number of nitrogens with one attached hydrogen (secondary N) is 1. The SMILES string of the molecule is Cc1ccc(C)c(Cn2c(C(=O)O)c(CNC3CCCCCC3)c3ccccc32)c1. The summed E-state index contributed by atoms with van der Waals surface area (Å²) in [5.74, 6) is -0.853. The molecule has 0 bridgehead atoms. The quantitative estimate of drug-likeness (QED) is 0.509. The summed E-state index contributed by atoms with van der Waals surface area (Å²) in [7, 11) is 0. The lowest BCUT2D eigenvalue weighted by Crippen LogP contribution is -2.28. The van der Waals surface area contributed by atoms with Gasteiger partial charge in [-0.1, -0.05) is 67.6 Å². The van der Waals surface area contributed by atoms with Gasteiger partial charge in [-0.05, 0) is 43.9 Å². The Labute approximate surface area is 178 Å². The number of hydrogen-bond acceptors (Lipinski definition) is 2. The monoisotopic (exact) mass is 404 g/mol. The zero-order chi connectivity index (χ0) is 21.1. The van der Waals surface area contributed by atoms with Crippen LogP contribution < -0.4 is 5.32 Å². The van der Waals surface area contributed by atoms with Crippen LogP contribution in [-0.2, 0) is 13.1 Å². The van der Waals surface area contributed by atoms with Crippen LogP contribution in [0.4, 0.5) is 0 Å². The number of carbonyl (C=O) groups is 1. The summed E-state index contributed by atoms with van der Waals surface area (Å²) in [5.41, 5.74) is 5.87. The van der Waals surface area contributed by atoms with Gasteiger partial charge in [-0.3, -0.25) is 0 Å². The molecule has 2 N–H and O–H groups in total. The predicted octanol–water partition coefficient (Wildman–Crippen LogP) is 5.82. The lowest BCUT2D eigenvalue weighted by Gasteiger charge is -2.17. The standard InChI is InChI=1S/C26H32N2O2/c1-18-13-14-19(2)20(15-18)17-28-24-12-8-7-11-22(24)23(25(28)26(29)30)16-27-21-9-5-3-4-6-10-21/h7-8,11-15,21,27H,3-6,9-10,16-17H2,1-2H3,(H,29,30). The van der Waals surface area contributed by atoms with Crippen LogP contribution >= 0.6 is 0 Å². The first-order valence-electron chi connectivity index (χ1n) is 11.2. The lowest BCUT2D eigenvalue weighted by molar-refractivity contribution is 0.0684. The number of aromatic nitrogens is 1. The number of benzene rings is 2. The molecule has 0 aliphatic heterocycles. The molecule has 30 heavy (non-hydrogen) atoms. The highest BCUT2D eigenvalue weighted by molar-refractivity contribution is 5.98. The van der Waals surface area contributed by atoms with E-state index in [4.69, 9.17) is 0 Å². The Morgan fingerprint density at radius 3 is 2.53 bits per heavy atom. The predicted molar refractivity (Wildman–Crippen MR) is 122 cm³/mol. The van der Waals surface area contributed by atoms with Crippen LogP contribution in [0.15, 0.2) is 42.5 Å². The van der Waals surface area contributed by atoms with E-state index in [2.05, 4.69) is 43.4 Å². The molecule has 4 heteroatoms. The van der Waals surface area contributed by atoms with Gasteiger partial charge in [-0.15, -0.1) is 0 Å². The molecule has 1 aliphatic rings. The molecule has 0 unspecified atom stereocenters. The minimum absolute atomic E-state index is 0.415. The van der Waals surface area contributed by atoms with E-state index in [0.29, 0.717) is 24.8 Å². The van der Waals surface area contributed by atoms with Gasteiger partial charge >= 0.3 is 5.97 Å². The Kier molecular flexibility index (Phi) is 6.24. The van der Waals surface area contributed by atoms with Crippen LogP contribution in [0.5, 0.6) is 0 Å². The van der Waals surface area contributed by atoms with Gasteiger partial charge in [0.25, 0.3) is 0 Å². The normalized spacial score (nSPS) is 15.4. The summed E-state index contributed by atoms with van der Waals surface area (Å²) in [6.07, 6.45) is 7.52. The van der Waals surface area contributed by atoms with E-state index >= 15 is 0 Å². The van der Waals surface area contributed by atoms with Gasteiger partial charge in [0.05, 0.1) is 0 Å². The van der Waals surface area contributed by atoms with Crippen molar-refractivity contribution in [3.8, 4) is 0 Å². The smallest absolute Gasteiger partial charge is 0.352 e. The van der Waals surface area contributed by atoms with Crippen LogP contribution in [0.25, 0.3) is 10.9 Å². The second-order valence-corrected chi connectivity index (χ2v) is 8.73. The highest BCUT2D eigenvalue weighted by atomic mass is 16.4. The van der Waals surface area contributed by atoms with Crippen LogP contribution in [0, 0.1) is 13.8 Å². The third-order valence-electron chi connectivity index (χ3n) is 6.53. The van der Waals surface area contributed by atoms with Gasteiger partial charge in [-0.25, -0.2) is 4.79 Å². The summed E-state index contributed by atoms with van der Waals surface area (Å²) in [6.45, 7) is 5.35. The maximum Gasteiger partial charge on any atom is 0.352 e. The van der Waals surface area contributed by atoms with Gasteiger partial charge in [0.15, 0.2) is 0 Å². The van der Waals surface area contributed by atoms with Crippen molar-refractivity contribution in [1.29, 1.82) is 0 Å². The first-order valence-corrected chi connectivity index (χ1v) is 11.2. The molecule has 1 aliphatic carbocycles. The van der Waals surface area contributed by atoms with Crippen molar-refractivity contribution in [3.63, 3.8) is 0 Å². The second kappa shape index (κ2) is 9.05. The van der Waals surface area contributed by atoms with Crippen molar-refractivity contribution >= 4 is 16.9 Å². The molecule has 0 amide bonds. The molecular weight excluding hydrogens is 372 g/mol. The molecule has 1 saturated carbocycles. The number of hydrogen-bond donors (Lipinski definition) is 2. The average Bonchev–Trinajstić information content (AvgIpc) is 2.87. The van der Waals surface area contributed by atoms with E-state index in [-0.39, 0.29) is 0 Å². The molecule has 3 aromatic rings. The number of aryl methyl sites for hydroxylation is 2. The number of aromatic carboxylic acids is 1. The van der Waals surface area contributed by atoms with Crippen molar-refractivity contribution in [2.24, 2.45) is 0 Å². The Bertz CT molecular complexity index is 1040. The van der Waals surface area contributed by atoms with Crippen molar-refractivity contribution in [2.45, 2.75) is 71.5 Å². The number of carboxylic acids is 1. The first kappa shape index (κ1) is 20.7. The van der Waals surface area contributed by atoms with E-state index in [0.717, 1.165) is 16.5 Å². The molecule has 1 aromatic heterocycles. The zero-order valence-corrected chi connectivity index (χ0v) is 18.1. The molecular formula is C26H32N2O2. The fourth-order valence-electron chi connectivity index (χ4n) is 4.83. The molecule has 4 nitrogen and oxygen atoms in total. The second-order valence-electron chi connectivity index (χ2n) is 8.73. The number of carboxylic acid groups (broad SMARTS) is 1. The summed E-state index contributed by atoms with van der Waals surface area (Å²) >= 11 is 0. The molecule has 2 aromatic carbocycles. The van der Waals surface area contributed by atoms with E-state index in [1.54, 1.807) is 0 Å². The van der Waals surface area contributed by atoms with Gasteiger partial charge in [0.2, 0.25) is 0 Å². The van der Waals surface area contributed by atoms with E-state index in [9.17, 15) is 9.90 Å². The average molecular weight is 405 g/mol. The number of rotatable bonds is 6. The fourth-order valence-corrected chi connectivity index (χ4v) is 4.83. The Morgan fingerprint density at radius 2 is 1.80 bits per heavy atom. The molecule has 4 rings (SSSR count). The Hall–Kier alpha value is -2.59. The van der Waals surface area contributed by atoms with Gasteiger partial charge in [0.1, 0.15) is 5.69 Å². The minimum atomic E-state index is -0.853. The largest absolute Gasteiger partial charge is 0.477 e. The first-order chi connectivity index (χ1) is 14.5. The molecule has 1 heterocycles.